The maximum absolute atomic E-state index is 12.3. The summed E-state index contributed by atoms with van der Waals surface area (Å²) in [4.78, 5) is 13.6. The third-order valence-electron chi connectivity index (χ3n) is 3.40. The van der Waals surface area contributed by atoms with Gasteiger partial charge in [-0.25, -0.2) is 8.42 Å². The predicted octanol–water partition coefficient (Wildman–Crippen LogP) is 0.567. The van der Waals surface area contributed by atoms with Crippen molar-refractivity contribution < 1.29 is 18.4 Å². The van der Waals surface area contributed by atoms with Gasteiger partial charge in [0.25, 0.3) is 0 Å². The largest absolute Gasteiger partial charge is 0.409 e. The number of carbonyl (C=O) groups excluding carboxylic acids is 1. The van der Waals surface area contributed by atoms with E-state index in [1.807, 2.05) is 0 Å². The van der Waals surface area contributed by atoms with E-state index in [2.05, 4.69) is 5.16 Å². The van der Waals surface area contributed by atoms with Crippen LogP contribution in [0.25, 0.3) is 0 Å². The van der Waals surface area contributed by atoms with E-state index in [9.17, 15) is 13.2 Å². The van der Waals surface area contributed by atoms with Crippen molar-refractivity contribution in [2.75, 3.05) is 18.2 Å². The molecule has 0 spiro atoms. The molecule has 0 bridgehead atoms. The monoisotopic (exact) mass is 313 g/mol. The zero-order chi connectivity index (χ0) is 16.4. The molecule has 21 heavy (non-hydrogen) atoms. The molecule has 0 aliphatic heterocycles. The molecule has 0 radical (unpaired) electrons. The fraction of sp³-hybridized carbons (Fsp3) is 0.385. The molecule has 116 valence electrons. The summed E-state index contributed by atoms with van der Waals surface area (Å²) >= 11 is 0. The second-order valence-corrected chi connectivity index (χ2v) is 7.74. The first-order valence-corrected chi connectivity index (χ1v) is 7.97. The lowest BCUT2D eigenvalue weighted by atomic mass is 10.1. The van der Waals surface area contributed by atoms with Crippen LogP contribution in [0.15, 0.2) is 29.4 Å². The van der Waals surface area contributed by atoms with Gasteiger partial charge in [-0.1, -0.05) is 5.16 Å². The van der Waals surface area contributed by atoms with Crippen molar-refractivity contribution in [3.05, 3.63) is 29.8 Å². The number of amidine groups is 1. The van der Waals surface area contributed by atoms with Crippen molar-refractivity contribution in [2.45, 2.75) is 18.6 Å². The Balaban J connectivity index is 3.10. The van der Waals surface area contributed by atoms with E-state index in [1.54, 1.807) is 24.3 Å². The lowest BCUT2D eigenvalue weighted by molar-refractivity contribution is -0.120. The highest BCUT2D eigenvalue weighted by Crippen LogP contribution is 2.22. The molecule has 0 aliphatic carbocycles. The van der Waals surface area contributed by atoms with E-state index in [-0.39, 0.29) is 5.84 Å². The summed E-state index contributed by atoms with van der Waals surface area (Å²) in [7, 11) is -2.05. The molecule has 0 unspecified atom stereocenters. The van der Waals surface area contributed by atoms with Gasteiger partial charge in [-0.3, -0.25) is 4.79 Å². The van der Waals surface area contributed by atoms with Gasteiger partial charge in [-0.2, -0.15) is 0 Å². The SMILES string of the molecule is CN(C(=O)C(C)(C)S(C)(=O)=O)c1ccc(C(N)=NO)cc1. The number of hydrogen-bond acceptors (Lipinski definition) is 5. The molecule has 1 rings (SSSR count). The van der Waals surface area contributed by atoms with E-state index < -0.39 is 20.5 Å². The Bertz CT molecular complexity index is 663. The van der Waals surface area contributed by atoms with Gasteiger partial charge in [0.05, 0.1) is 0 Å². The summed E-state index contributed by atoms with van der Waals surface area (Å²) in [5, 5.41) is 11.5. The van der Waals surface area contributed by atoms with Crippen LogP contribution in [0.4, 0.5) is 5.69 Å². The number of rotatable bonds is 4. The molecule has 0 atom stereocenters. The highest BCUT2D eigenvalue weighted by atomic mass is 32.2. The van der Waals surface area contributed by atoms with Crippen molar-refractivity contribution in [1.29, 1.82) is 0 Å². The van der Waals surface area contributed by atoms with Gasteiger partial charge in [0.15, 0.2) is 15.7 Å². The molecule has 3 N–H and O–H groups in total. The number of carbonyl (C=O) groups is 1. The predicted molar refractivity (Wildman–Crippen MR) is 81.3 cm³/mol. The van der Waals surface area contributed by atoms with Gasteiger partial charge in [0.2, 0.25) is 5.91 Å². The van der Waals surface area contributed by atoms with Crippen LogP contribution in [0.1, 0.15) is 19.4 Å². The summed E-state index contributed by atoms with van der Waals surface area (Å²) in [6.07, 6.45) is 1.03. The van der Waals surface area contributed by atoms with Crippen molar-refractivity contribution in [1.82, 2.24) is 0 Å². The summed E-state index contributed by atoms with van der Waals surface area (Å²) in [5.74, 6) is -0.589. The van der Waals surface area contributed by atoms with Crippen LogP contribution in [-0.2, 0) is 14.6 Å². The number of oxime groups is 1. The molecule has 0 aliphatic rings. The van der Waals surface area contributed by atoms with Crippen molar-refractivity contribution in [2.24, 2.45) is 10.9 Å². The van der Waals surface area contributed by atoms with Crippen molar-refractivity contribution in [3.8, 4) is 0 Å². The van der Waals surface area contributed by atoms with E-state index in [4.69, 9.17) is 10.9 Å². The molecule has 8 heteroatoms. The van der Waals surface area contributed by atoms with E-state index >= 15 is 0 Å². The number of hydrogen-bond donors (Lipinski definition) is 2. The van der Waals surface area contributed by atoms with Crippen LogP contribution < -0.4 is 10.6 Å². The minimum atomic E-state index is -3.54. The summed E-state index contributed by atoms with van der Waals surface area (Å²) in [6.45, 7) is 2.73. The van der Waals surface area contributed by atoms with Crippen LogP contribution >= 0.6 is 0 Å². The third kappa shape index (κ3) is 3.33. The average Bonchev–Trinajstić information content (AvgIpc) is 2.43. The Morgan fingerprint density at radius 1 is 1.29 bits per heavy atom. The van der Waals surface area contributed by atoms with Gasteiger partial charge >= 0.3 is 0 Å². The van der Waals surface area contributed by atoms with Gasteiger partial charge in [-0.05, 0) is 38.1 Å². The highest BCUT2D eigenvalue weighted by Gasteiger charge is 2.40. The highest BCUT2D eigenvalue weighted by molar-refractivity contribution is 7.92. The number of benzene rings is 1. The van der Waals surface area contributed by atoms with E-state index in [0.717, 1.165) is 6.26 Å². The fourth-order valence-corrected chi connectivity index (χ4v) is 2.05. The minimum Gasteiger partial charge on any atom is -0.409 e. The topological polar surface area (TPSA) is 113 Å². The van der Waals surface area contributed by atoms with Gasteiger partial charge in [0.1, 0.15) is 4.75 Å². The fourth-order valence-electron chi connectivity index (χ4n) is 1.59. The molecule has 1 aromatic carbocycles. The molecule has 1 amide bonds. The molecule has 0 aromatic heterocycles. The Labute approximate surface area is 124 Å². The standard InChI is InChI=1S/C13H19N3O4S/c1-13(2,21(4,19)20)12(17)16(3)10-7-5-9(6-8-10)11(14)15-18/h5-8,18H,1-4H3,(H2,14,15). The van der Waals surface area contributed by atoms with Crippen LogP contribution in [0.5, 0.6) is 0 Å². The van der Waals surface area contributed by atoms with Crippen molar-refractivity contribution >= 4 is 27.3 Å². The summed E-state index contributed by atoms with van der Waals surface area (Å²) < 4.78 is 21.9. The Kier molecular flexibility index (Phi) is 4.62. The van der Waals surface area contributed by atoms with Crippen LogP contribution in [0.3, 0.4) is 0 Å². The van der Waals surface area contributed by atoms with Crippen LogP contribution in [0, 0.1) is 0 Å². The lowest BCUT2D eigenvalue weighted by Gasteiger charge is -2.28. The number of nitrogens with two attached hydrogens (primary N) is 1. The first-order chi connectivity index (χ1) is 9.52. The molecular formula is C13H19N3O4S. The molecular weight excluding hydrogens is 294 g/mol. The molecule has 1 aromatic rings. The summed E-state index contributed by atoms with van der Waals surface area (Å²) in [5.41, 5.74) is 6.44. The second kappa shape index (κ2) is 5.72. The van der Waals surface area contributed by atoms with Gasteiger partial charge < -0.3 is 15.8 Å². The molecule has 7 nitrogen and oxygen atoms in total. The maximum Gasteiger partial charge on any atom is 0.247 e. The van der Waals surface area contributed by atoms with Gasteiger partial charge in [0, 0.05) is 24.6 Å². The number of sulfone groups is 1. The zero-order valence-electron chi connectivity index (χ0n) is 12.4. The van der Waals surface area contributed by atoms with Crippen LogP contribution in [-0.4, -0.2) is 43.4 Å². The molecule has 0 fully saturated rings. The second-order valence-electron chi connectivity index (χ2n) is 5.18. The maximum atomic E-state index is 12.3. The lowest BCUT2D eigenvalue weighted by Crippen LogP contribution is -2.48. The smallest absolute Gasteiger partial charge is 0.247 e. The number of anilines is 1. The number of amides is 1. The average molecular weight is 313 g/mol. The van der Waals surface area contributed by atoms with Gasteiger partial charge in [-0.15, -0.1) is 0 Å². The Morgan fingerprint density at radius 2 is 1.76 bits per heavy atom. The minimum absolute atomic E-state index is 0.0491. The van der Waals surface area contributed by atoms with E-state index in [1.165, 1.54) is 25.8 Å². The van der Waals surface area contributed by atoms with Crippen molar-refractivity contribution in [3.63, 3.8) is 0 Å². The summed E-state index contributed by atoms with van der Waals surface area (Å²) in [6, 6.07) is 6.32. The molecule has 0 heterocycles. The molecule has 0 saturated carbocycles. The van der Waals surface area contributed by atoms with E-state index in [0.29, 0.717) is 11.3 Å². The third-order valence-corrected chi connectivity index (χ3v) is 5.43. The molecule has 0 saturated heterocycles. The quantitative estimate of drug-likeness (QED) is 0.365. The first kappa shape index (κ1) is 17.0. The van der Waals surface area contributed by atoms with Crippen LogP contribution in [0.2, 0.25) is 0 Å². The normalized spacial score (nSPS) is 13.0. The zero-order valence-corrected chi connectivity index (χ0v) is 13.2. The number of nitrogens with zero attached hydrogens (tertiary/aromatic N) is 2. The first-order valence-electron chi connectivity index (χ1n) is 6.08. The Hall–Kier alpha value is -2.09. The Morgan fingerprint density at radius 3 is 2.14 bits per heavy atom.